The average molecular weight is 335 g/mol. The Morgan fingerprint density at radius 1 is 1.20 bits per heavy atom. The van der Waals surface area contributed by atoms with Gasteiger partial charge < -0.3 is 10.2 Å². The van der Waals surface area contributed by atoms with Gasteiger partial charge in [-0.25, -0.2) is 0 Å². The molecule has 130 valence electrons. The molecule has 0 unspecified atom stereocenters. The molecule has 1 amide bonds. The number of aromatic nitrogens is 1. The van der Waals surface area contributed by atoms with Gasteiger partial charge in [0.2, 0.25) is 5.91 Å². The third kappa shape index (κ3) is 5.84. The fourth-order valence-electron chi connectivity index (χ4n) is 3.15. The predicted octanol–water partition coefficient (Wildman–Crippen LogP) is 2.78. The zero-order valence-corrected chi connectivity index (χ0v) is 14.5. The summed E-state index contributed by atoms with van der Waals surface area (Å²) in [6.07, 6.45) is 7.27. The fourth-order valence-corrected chi connectivity index (χ4v) is 3.15. The van der Waals surface area contributed by atoms with Gasteiger partial charge >= 0.3 is 0 Å². The van der Waals surface area contributed by atoms with Gasteiger partial charge in [0.1, 0.15) is 0 Å². The van der Waals surface area contributed by atoms with E-state index < -0.39 is 0 Å². The normalized spacial score (nSPS) is 17.8. The Balaban J connectivity index is 1.35. The van der Waals surface area contributed by atoms with Gasteiger partial charge in [-0.1, -0.05) is 36.4 Å². The highest BCUT2D eigenvalue weighted by Gasteiger charge is 2.22. The number of amides is 1. The minimum absolute atomic E-state index is 0.0478. The number of nitrogens with zero attached hydrogens (tertiary/aromatic N) is 2. The van der Waals surface area contributed by atoms with E-state index >= 15 is 0 Å². The lowest BCUT2D eigenvalue weighted by Crippen LogP contribution is -2.30. The number of hydrogen-bond acceptors (Lipinski definition) is 3. The smallest absolute Gasteiger partial charge is 0.244 e. The highest BCUT2D eigenvalue weighted by molar-refractivity contribution is 5.91. The van der Waals surface area contributed by atoms with Crippen LogP contribution in [0.3, 0.4) is 0 Å². The van der Waals surface area contributed by atoms with Crippen LogP contribution in [0.1, 0.15) is 17.7 Å². The molecule has 4 heteroatoms. The first-order chi connectivity index (χ1) is 12.3. The maximum Gasteiger partial charge on any atom is 0.244 e. The topological polar surface area (TPSA) is 45.2 Å². The number of rotatable bonds is 7. The zero-order chi connectivity index (χ0) is 17.3. The second-order valence-corrected chi connectivity index (χ2v) is 6.52. The number of hydrogen-bond donors (Lipinski definition) is 1. The molecule has 1 aliphatic rings. The van der Waals surface area contributed by atoms with Crippen LogP contribution in [0.15, 0.2) is 60.8 Å². The van der Waals surface area contributed by atoms with Crippen LogP contribution in [0.5, 0.6) is 0 Å². The SMILES string of the molecule is O=C(/C=C/c1ccccn1)NC[C@@H]1CCN(CCc2ccccc2)C1. The molecule has 0 spiro atoms. The third-order valence-corrected chi connectivity index (χ3v) is 4.59. The van der Waals surface area contributed by atoms with Crippen molar-refractivity contribution < 1.29 is 4.79 Å². The van der Waals surface area contributed by atoms with Crippen LogP contribution >= 0.6 is 0 Å². The maximum absolute atomic E-state index is 11.9. The van der Waals surface area contributed by atoms with Crippen molar-refractivity contribution in [2.75, 3.05) is 26.2 Å². The Labute approximate surface area is 149 Å². The predicted molar refractivity (Wildman–Crippen MR) is 101 cm³/mol. The Morgan fingerprint density at radius 3 is 2.84 bits per heavy atom. The van der Waals surface area contributed by atoms with E-state index in [1.807, 2.05) is 18.2 Å². The Morgan fingerprint density at radius 2 is 2.04 bits per heavy atom. The van der Waals surface area contributed by atoms with Crippen LogP contribution in [-0.4, -0.2) is 42.0 Å². The summed E-state index contributed by atoms with van der Waals surface area (Å²) in [6, 6.07) is 16.3. The molecule has 0 bridgehead atoms. The lowest BCUT2D eigenvalue weighted by Gasteiger charge is -2.16. The van der Waals surface area contributed by atoms with Crippen molar-refractivity contribution in [1.29, 1.82) is 0 Å². The molecule has 2 aromatic rings. The van der Waals surface area contributed by atoms with Gasteiger partial charge in [-0.2, -0.15) is 0 Å². The summed E-state index contributed by atoms with van der Waals surface area (Å²) >= 11 is 0. The highest BCUT2D eigenvalue weighted by Crippen LogP contribution is 2.16. The number of likely N-dealkylation sites (tertiary alicyclic amines) is 1. The molecule has 1 N–H and O–H groups in total. The van der Waals surface area contributed by atoms with Gasteiger partial charge in [0.25, 0.3) is 0 Å². The van der Waals surface area contributed by atoms with E-state index in [9.17, 15) is 4.79 Å². The minimum Gasteiger partial charge on any atom is -0.352 e. The summed E-state index contributed by atoms with van der Waals surface area (Å²) in [5.41, 5.74) is 2.18. The molecule has 1 aliphatic heterocycles. The number of pyridine rings is 1. The van der Waals surface area contributed by atoms with E-state index in [2.05, 4.69) is 45.5 Å². The van der Waals surface area contributed by atoms with Gasteiger partial charge in [-0.05, 0) is 49.1 Å². The van der Waals surface area contributed by atoms with Gasteiger partial charge in [-0.3, -0.25) is 9.78 Å². The second-order valence-electron chi connectivity index (χ2n) is 6.52. The first-order valence-corrected chi connectivity index (χ1v) is 8.93. The lowest BCUT2D eigenvalue weighted by atomic mass is 10.1. The van der Waals surface area contributed by atoms with Crippen molar-refractivity contribution >= 4 is 12.0 Å². The Kier molecular flexibility index (Phi) is 6.35. The molecule has 1 aromatic heterocycles. The van der Waals surface area contributed by atoms with Crippen molar-refractivity contribution in [2.24, 2.45) is 5.92 Å². The summed E-state index contributed by atoms with van der Waals surface area (Å²) in [5.74, 6) is 0.497. The van der Waals surface area contributed by atoms with Gasteiger partial charge in [0, 0.05) is 31.9 Å². The molecular weight excluding hydrogens is 310 g/mol. The summed E-state index contributed by atoms with van der Waals surface area (Å²) in [6.45, 7) is 4.02. The molecular formula is C21H25N3O. The third-order valence-electron chi connectivity index (χ3n) is 4.59. The first kappa shape index (κ1) is 17.4. The van der Waals surface area contributed by atoms with Crippen LogP contribution in [0.2, 0.25) is 0 Å². The van der Waals surface area contributed by atoms with Crippen molar-refractivity contribution in [3.05, 3.63) is 72.1 Å². The molecule has 1 saturated heterocycles. The van der Waals surface area contributed by atoms with Crippen LogP contribution in [0.25, 0.3) is 6.08 Å². The second kappa shape index (κ2) is 9.14. The lowest BCUT2D eigenvalue weighted by molar-refractivity contribution is -0.116. The monoisotopic (exact) mass is 335 g/mol. The summed E-state index contributed by atoms with van der Waals surface area (Å²) in [4.78, 5) is 18.6. The van der Waals surface area contributed by atoms with E-state index in [1.54, 1.807) is 18.3 Å². The molecule has 1 fully saturated rings. The number of carbonyl (C=O) groups excluding carboxylic acids is 1. The number of nitrogens with one attached hydrogen (secondary N) is 1. The zero-order valence-electron chi connectivity index (χ0n) is 14.5. The number of benzene rings is 1. The van der Waals surface area contributed by atoms with Gasteiger partial charge in [-0.15, -0.1) is 0 Å². The molecule has 3 rings (SSSR count). The quantitative estimate of drug-likeness (QED) is 0.792. The Hall–Kier alpha value is -2.46. The van der Waals surface area contributed by atoms with E-state index in [4.69, 9.17) is 0 Å². The van der Waals surface area contributed by atoms with E-state index in [-0.39, 0.29) is 5.91 Å². The van der Waals surface area contributed by atoms with Gasteiger partial charge in [0.05, 0.1) is 5.69 Å². The van der Waals surface area contributed by atoms with Crippen molar-refractivity contribution in [3.63, 3.8) is 0 Å². The molecule has 2 heterocycles. The van der Waals surface area contributed by atoms with E-state index in [0.717, 1.165) is 44.7 Å². The van der Waals surface area contributed by atoms with Crippen LogP contribution in [0, 0.1) is 5.92 Å². The summed E-state index contributed by atoms with van der Waals surface area (Å²) in [7, 11) is 0. The van der Waals surface area contributed by atoms with Crippen LogP contribution in [0.4, 0.5) is 0 Å². The van der Waals surface area contributed by atoms with Crippen molar-refractivity contribution in [1.82, 2.24) is 15.2 Å². The standard InChI is InChI=1S/C21H25N3O/c25-21(10-9-20-8-4-5-13-22-20)23-16-19-12-15-24(17-19)14-11-18-6-2-1-3-7-18/h1-10,13,19H,11-12,14-17H2,(H,23,25)/b10-9+/t19-/m0/s1. The summed E-state index contributed by atoms with van der Waals surface area (Å²) in [5, 5.41) is 3.01. The molecule has 25 heavy (non-hydrogen) atoms. The largest absolute Gasteiger partial charge is 0.352 e. The Bertz CT molecular complexity index is 685. The highest BCUT2D eigenvalue weighted by atomic mass is 16.1. The van der Waals surface area contributed by atoms with Crippen molar-refractivity contribution in [3.8, 4) is 0 Å². The molecule has 0 saturated carbocycles. The molecule has 0 aliphatic carbocycles. The van der Waals surface area contributed by atoms with Crippen LogP contribution < -0.4 is 5.32 Å². The first-order valence-electron chi connectivity index (χ1n) is 8.93. The van der Waals surface area contributed by atoms with E-state index in [0.29, 0.717) is 5.92 Å². The molecule has 4 nitrogen and oxygen atoms in total. The fraction of sp³-hybridized carbons (Fsp3) is 0.333. The van der Waals surface area contributed by atoms with E-state index in [1.165, 1.54) is 5.56 Å². The van der Waals surface area contributed by atoms with Gasteiger partial charge in [0.15, 0.2) is 0 Å². The number of carbonyl (C=O) groups is 1. The minimum atomic E-state index is -0.0478. The maximum atomic E-state index is 11.9. The van der Waals surface area contributed by atoms with Crippen molar-refractivity contribution in [2.45, 2.75) is 12.8 Å². The molecule has 0 radical (unpaired) electrons. The van der Waals surface area contributed by atoms with Crippen LogP contribution in [-0.2, 0) is 11.2 Å². The summed E-state index contributed by atoms with van der Waals surface area (Å²) < 4.78 is 0. The molecule has 1 atom stereocenters. The molecule has 1 aromatic carbocycles. The average Bonchev–Trinajstić information content (AvgIpc) is 3.13.